The first-order valence-electron chi connectivity index (χ1n) is 6.72. The van der Waals surface area contributed by atoms with Crippen molar-refractivity contribution in [3.05, 3.63) is 41.7 Å². The van der Waals surface area contributed by atoms with Crippen LogP contribution in [-0.4, -0.2) is 46.1 Å². The Bertz CT molecular complexity index is 535. The summed E-state index contributed by atoms with van der Waals surface area (Å²) < 4.78 is 1.93. The molecule has 0 saturated carbocycles. The van der Waals surface area contributed by atoms with E-state index in [1.807, 2.05) is 10.9 Å². The maximum Gasteiger partial charge on any atom is 0.0786 e. The predicted octanol–water partition coefficient (Wildman–Crippen LogP) is 1.82. The van der Waals surface area contributed by atoms with Crippen molar-refractivity contribution in [3.8, 4) is 5.69 Å². The SMILES string of the molecule is Cc1ccc(-n2nncc2CN2CCNCC2)cc1.Cl.Cl. The Kier molecular flexibility index (Phi) is 7.11. The van der Waals surface area contributed by atoms with E-state index in [1.165, 1.54) is 5.56 Å². The van der Waals surface area contributed by atoms with Crippen LogP contribution in [0.4, 0.5) is 0 Å². The maximum atomic E-state index is 4.21. The lowest BCUT2D eigenvalue weighted by atomic mass is 10.2. The molecule has 2 heterocycles. The zero-order valence-electron chi connectivity index (χ0n) is 12.0. The Balaban J connectivity index is 0.00000110. The number of hydrogen-bond donors (Lipinski definition) is 1. The molecule has 0 radical (unpaired) electrons. The van der Waals surface area contributed by atoms with E-state index in [-0.39, 0.29) is 24.8 Å². The van der Waals surface area contributed by atoms with Gasteiger partial charge in [-0.2, -0.15) is 0 Å². The Morgan fingerprint density at radius 1 is 1.10 bits per heavy atom. The van der Waals surface area contributed by atoms with Crippen LogP contribution in [0.5, 0.6) is 0 Å². The second-order valence-electron chi connectivity index (χ2n) is 5.00. The van der Waals surface area contributed by atoms with Gasteiger partial charge in [0.25, 0.3) is 0 Å². The summed E-state index contributed by atoms with van der Waals surface area (Å²) in [5.41, 5.74) is 3.48. The third-order valence-corrected chi connectivity index (χ3v) is 3.49. The Hall–Kier alpha value is -1.14. The summed E-state index contributed by atoms with van der Waals surface area (Å²) in [6.07, 6.45) is 1.86. The summed E-state index contributed by atoms with van der Waals surface area (Å²) in [6, 6.07) is 8.38. The van der Waals surface area contributed by atoms with Crippen LogP contribution in [0.1, 0.15) is 11.3 Å². The summed E-state index contributed by atoms with van der Waals surface area (Å²) in [5.74, 6) is 0. The maximum absolute atomic E-state index is 4.21. The Morgan fingerprint density at radius 2 is 1.76 bits per heavy atom. The highest BCUT2D eigenvalue weighted by Crippen LogP contribution is 2.12. The van der Waals surface area contributed by atoms with Crippen LogP contribution in [0.3, 0.4) is 0 Å². The number of aromatic nitrogens is 3. The van der Waals surface area contributed by atoms with Crippen LogP contribution in [-0.2, 0) is 6.54 Å². The van der Waals surface area contributed by atoms with Crippen LogP contribution in [0.2, 0.25) is 0 Å². The third-order valence-electron chi connectivity index (χ3n) is 3.49. The van der Waals surface area contributed by atoms with Gasteiger partial charge in [0.1, 0.15) is 0 Å². The number of rotatable bonds is 3. The van der Waals surface area contributed by atoms with Gasteiger partial charge >= 0.3 is 0 Å². The van der Waals surface area contributed by atoms with Gasteiger partial charge in [-0.1, -0.05) is 22.9 Å². The molecular weight excluding hydrogens is 309 g/mol. The van der Waals surface area contributed by atoms with Gasteiger partial charge in [0.15, 0.2) is 0 Å². The summed E-state index contributed by atoms with van der Waals surface area (Å²) in [5, 5.41) is 11.6. The van der Waals surface area contributed by atoms with Crippen molar-refractivity contribution in [2.24, 2.45) is 0 Å². The first kappa shape index (κ1) is 17.9. The normalized spacial score (nSPS) is 15.1. The lowest BCUT2D eigenvalue weighted by Gasteiger charge is -2.26. The van der Waals surface area contributed by atoms with Gasteiger partial charge < -0.3 is 5.32 Å². The molecule has 1 saturated heterocycles. The second kappa shape index (κ2) is 8.34. The average Bonchev–Trinajstić information content (AvgIpc) is 2.89. The van der Waals surface area contributed by atoms with E-state index in [9.17, 15) is 0 Å². The molecule has 0 spiro atoms. The molecule has 1 aliphatic rings. The topological polar surface area (TPSA) is 46.0 Å². The van der Waals surface area contributed by atoms with Crippen molar-refractivity contribution in [3.63, 3.8) is 0 Å². The standard InChI is InChI=1S/C14H19N5.2ClH/c1-12-2-4-13(5-3-12)19-14(10-16-17-19)11-18-8-6-15-7-9-18;;/h2-5,10,15H,6-9,11H2,1H3;2*1H. The zero-order chi connectivity index (χ0) is 13.1. The molecule has 1 aromatic carbocycles. The predicted molar refractivity (Wildman–Crippen MR) is 88.7 cm³/mol. The number of hydrogen-bond acceptors (Lipinski definition) is 4. The molecular formula is C14H21Cl2N5. The van der Waals surface area contributed by atoms with Crippen molar-refractivity contribution in [2.45, 2.75) is 13.5 Å². The molecule has 3 rings (SSSR count). The van der Waals surface area contributed by atoms with Gasteiger partial charge in [0.2, 0.25) is 0 Å². The molecule has 7 heteroatoms. The minimum atomic E-state index is 0. The van der Waals surface area contributed by atoms with E-state index in [0.717, 1.165) is 44.1 Å². The largest absolute Gasteiger partial charge is 0.314 e. The minimum Gasteiger partial charge on any atom is -0.314 e. The number of halogens is 2. The zero-order valence-corrected chi connectivity index (χ0v) is 13.7. The van der Waals surface area contributed by atoms with Crippen LogP contribution in [0.15, 0.2) is 30.5 Å². The molecule has 0 aliphatic carbocycles. The van der Waals surface area contributed by atoms with Gasteiger partial charge in [-0.05, 0) is 19.1 Å². The lowest BCUT2D eigenvalue weighted by Crippen LogP contribution is -2.43. The van der Waals surface area contributed by atoms with Gasteiger partial charge in [-0.25, -0.2) is 4.68 Å². The monoisotopic (exact) mass is 329 g/mol. The molecule has 1 fully saturated rings. The molecule has 1 aliphatic heterocycles. The van der Waals surface area contributed by atoms with Gasteiger partial charge in [-0.3, -0.25) is 4.90 Å². The number of nitrogens with one attached hydrogen (secondary N) is 1. The first-order valence-corrected chi connectivity index (χ1v) is 6.72. The first-order chi connectivity index (χ1) is 9.33. The molecule has 116 valence electrons. The van der Waals surface area contributed by atoms with Crippen molar-refractivity contribution in [1.82, 2.24) is 25.2 Å². The van der Waals surface area contributed by atoms with Crippen molar-refractivity contribution in [2.75, 3.05) is 26.2 Å². The van der Waals surface area contributed by atoms with Crippen molar-refractivity contribution >= 4 is 24.8 Å². The number of nitrogens with zero attached hydrogens (tertiary/aromatic N) is 4. The molecule has 1 N–H and O–H groups in total. The van der Waals surface area contributed by atoms with Gasteiger partial charge in [0.05, 0.1) is 17.6 Å². The second-order valence-corrected chi connectivity index (χ2v) is 5.00. The third kappa shape index (κ3) is 4.41. The fraction of sp³-hybridized carbons (Fsp3) is 0.429. The van der Waals surface area contributed by atoms with E-state index >= 15 is 0 Å². The summed E-state index contributed by atoms with van der Waals surface area (Å²) in [4.78, 5) is 2.43. The molecule has 1 aromatic heterocycles. The number of aryl methyl sites for hydroxylation is 1. The van der Waals surface area contributed by atoms with Crippen LogP contribution >= 0.6 is 24.8 Å². The quantitative estimate of drug-likeness (QED) is 0.933. The highest BCUT2D eigenvalue weighted by Gasteiger charge is 2.13. The molecule has 0 atom stereocenters. The Labute approximate surface area is 137 Å². The smallest absolute Gasteiger partial charge is 0.0786 e. The molecule has 21 heavy (non-hydrogen) atoms. The fourth-order valence-corrected chi connectivity index (χ4v) is 2.37. The average molecular weight is 330 g/mol. The van der Waals surface area contributed by atoms with E-state index in [4.69, 9.17) is 0 Å². The molecule has 5 nitrogen and oxygen atoms in total. The van der Waals surface area contributed by atoms with E-state index in [0.29, 0.717) is 0 Å². The van der Waals surface area contributed by atoms with E-state index in [2.05, 4.69) is 51.7 Å². The lowest BCUT2D eigenvalue weighted by molar-refractivity contribution is 0.229. The van der Waals surface area contributed by atoms with Crippen LogP contribution in [0, 0.1) is 6.92 Å². The van der Waals surface area contributed by atoms with Crippen molar-refractivity contribution < 1.29 is 0 Å². The van der Waals surface area contributed by atoms with Gasteiger partial charge in [-0.15, -0.1) is 29.9 Å². The highest BCUT2D eigenvalue weighted by atomic mass is 35.5. The van der Waals surface area contributed by atoms with Crippen molar-refractivity contribution in [1.29, 1.82) is 0 Å². The van der Waals surface area contributed by atoms with Gasteiger partial charge in [0, 0.05) is 32.7 Å². The number of piperazine rings is 1. The molecule has 0 bridgehead atoms. The summed E-state index contributed by atoms with van der Waals surface area (Å²) in [7, 11) is 0. The molecule has 2 aromatic rings. The number of benzene rings is 1. The highest BCUT2D eigenvalue weighted by molar-refractivity contribution is 5.85. The summed E-state index contributed by atoms with van der Waals surface area (Å²) >= 11 is 0. The molecule has 0 unspecified atom stereocenters. The fourth-order valence-electron chi connectivity index (χ4n) is 2.37. The molecule has 0 amide bonds. The van der Waals surface area contributed by atoms with Crippen LogP contribution < -0.4 is 5.32 Å². The minimum absolute atomic E-state index is 0. The van der Waals surface area contributed by atoms with Crippen LogP contribution in [0.25, 0.3) is 5.69 Å². The van der Waals surface area contributed by atoms with E-state index in [1.54, 1.807) is 0 Å². The Morgan fingerprint density at radius 3 is 2.43 bits per heavy atom. The summed E-state index contributed by atoms with van der Waals surface area (Å²) in [6.45, 7) is 7.28. The van der Waals surface area contributed by atoms with E-state index < -0.39 is 0 Å².